The van der Waals surface area contributed by atoms with Crippen molar-refractivity contribution >= 4 is 32.4 Å². The summed E-state index contributed by atoms with van der Waals surface area (Å²) >= 11 is 0. The van der Waals surface area contributed by atoms with Crippen LogP contribution in [0.15, 0.2) is 170 Å². The molecular formula is C44H28N4. The molecule has 0 aliphatic carbocycles. The van der Waals surface area contributed by atoms with Crippen molar-refractivity contribution in [3.63, 3.8) is 0 Å². The fourth-order valence-electron chi connectivity index (χ4n) is 6.40. The van der Waals surface area contributed by atoms with Crippen molar-refractivity contribution in [1.29, 1.82) is 0 Å². The van der Waals surface area contributed by atoms with Gasteiger partial charge >= 0.3 is 0 Å². The van der Waals surface area contributed by atoms with Crippen LogP contribution in [0.2, 0.25) is 0 Å². The fraction of sp³-hybridized carbons (Fsp3) is 0. The SMILES string of the molecule is c1ccc(-c2ccc3cc(-c4nc(-c5ccc6ccccc6c5)nc(-c5cc6ccccc6cc5-c5ccccc5)n4)ccc3n2)cc1. The Kier molecular flexibility index (Phi) is 6.76. The predicted molar refractivity (Wildman–Crippen MR) is 197 cm³/mol. The van der Waals surface area contributed by atoms with Crippen LogP contribution < -0.4 is 0 Å². The van der Waals surface area contributed by atoms with E-state index >= 15 is 0 Å². The minimum absolute atomic E-state index is 0.615. The number of benzene rings is 7. The third-order valence-corrected chi connectivity index (χ3v) is 8.87. The van der Waals surface area contributed by atoms with E-state index in [2.05, 4.69) is 146 Å². The number of pyridine rings is 1. The molecule has 0 amide bonds. The summed E-state index contributed by atoms with van der Waals surface area (Å²) < 4.78 is 0. The summed E-state index contributed by atoms with van der Waals surface area (Å²) in [5, 5.41) is 5.64. The summed E-state index contributed by atoms with van der Waals surface area (Å²) in [5.41, 5.74) is 7.95. The lowest BCUT2D eigenvalue weighted by Gasteiger charge is -2.14. The first-order valence-corrected chi connectivity index (χ1v) is 16.1. The van der Waals surface area contributed by atoms with E-state index in [1.165, 1.54) is 10.8 Å². The highest BCUT2D eigenvalue weighted by Crippen LogP contribution is 2.36. The van der Waals surface area contributed by atoms with Gasteiger partial charge in [0.05, 0.1) is 11.2 Å². The van der Waals surface area contributed by atoms with Crippen LogP contribution in [0.3, 0.4) is 0 Å². The zero-order valence-corrected chi connectivity index (χ0v) is 26.0. The number of hydrogen-bond donors (Lipinski definition) is 0. The van der Waals surface area contributed by atoms with Crippen LogP contribution in [0.4, 0.5) is 0 Å². The van der Waals surface area contributed by atoms with Gasteiger partial charge in [0.2, 0.25) is 0 Å². The second-order valence-electron chi connectivity index (χ2n) is 11.9. The first kappa shape index (κ1) is 27.8. The molecule has 0 spiro atoms. The molecule has 9 rings (SSSR count). The van der Waals surface area contributed by atoms with E-state index in [-0.39, 0.29) is 0 Å². The molecule has 4 nitrogen and oxygen atoms in total. The molecule has 0 bridgehead atoms. The van der Waals surface area contributed by atoms with E-state index in [0.29, 0.717) is 17.5 Å². The summed E-state index contributed by atoms with van der Waals surface area (Å²) in [5.74, 6) is 1.88. The first-order chi connectivity index (χ1) is 23.7. The average molecular weight is 613 g/mol. The van der Waals surface area contributed by atoms with Crippen LogP contribution in [-0.4, -0.2) is 19.9 Å². The lowest BCUT2D eigenvalue weighted by atomic mass is 9.95. The van der Waals surface area contributed by atoms with Crippen molar-refractivity contribution in [3.05, 3.63) is 170 Å². The van der Waals surface area contributed by atoms with E-state index in [9.17, 15) is 0 Å². The van der Waals surface area contributed by atoms with E-state index in [0.717, 1.165) is 60.8 Å². The summed E-state index contributed by atoms with van der Waals surface area (Å²) in [6.45, 7) is 0. The Bertz CT molecular complexity index is 2610. The molecule has 2 heterocycles. The molecule has 9 aromatic rings. The highest BCUT2D eigenvalue weighted by atomic mass is 15.0. The Hall–Kier alpha value is -6.52. The lowest BCUT2D eigenvalue weighted by Crippen LogP contribution is -2.01. The third-order valence-electron chi connectivity index (χ3n) is 8.87. The smallest absolute Gasteiger partial charge is 0.164 e. The van der Waals surface area contributed by atoms with Crippen LogP contribution in [0.25, 0.3) is 89.0 Å². The van der Waals surface area contributed by atoms with Crippen molar-refractivity contribution in [2.24, 2.45) is 0 Å². The summed E-state index contributed by atoms with van der Waals surface area (Å²) in [4.78, 5) is 20.4. The number of nitrogens with zero attached hydrogens (tertiary/aromatic N) is 4. The average Bonchev–Trinajstić information content (AvgIpc) is 3.17. The first-order valence-electron chi connectivity index (χ1n) is 16.1. The van der Waals surface area contributed by atoms with E-state index in [1.54, 1.807) is 0 Å². The summed E-state index contributed by atoms with van der Waals surface area (Å²) in [6, 6.07) is 58.8. The standard InChI is InChI=1S/C44H28N4/c1-3-12-30(13-4-1)38-27-33-17-9-10-18-34(33)28-39(38)44-47-42(36-20-19-29-11-7-8-16-32(29)25-36)46-43(48-44)37-22-24-41-35(26-37)21-23-40(45-41)31-14-5-2-6-15-31/h1-28H. The number of rotatable bonds is 5. The van der Waals surface area contributed by atoms with Crippen molar-refractivity contribution in [2.75, 3.05) is 0 Å². The van der Waals surface area contributed by atoms with Gasteiger partial charge in [-0.3, -0.25) is 0 Å². The fourth-order valence-corrected chi connectivity index (χ4v) is 6.40. The second kappa shape index (κ2) is 11.7. The second-order valence-corrected chi connectivity index (χ2v) is 11.9. The van der Waals surface area contributed by atoms with Gasteiger partial charge in [-0.1, -0.05) is 127 Å². The van der Waals surface area contributed by atoms with Gasteiger partial charge in [0.15, 0.2) is 17.5 Å². The molecule has 0 N–H and O–H groups in total. The Morgan fingerprint density at radius 1 is 0.271 bits per heavy atom. The Morgan fingerprint density at radius 2 is 0.771 bits per heavy atom. The summed E-state index contributed by atoms with van der Waals surface area (Å²) in [7, 11) is 0. The zero-order valence-electron chi connectivity index (χ0n) is 26.0. The van der Waals surface area contributed by atoms with Crippen LogP contribution in [-0.2, 0) is 0 Å². The Morgan fingerprint density at radius 3 is 1.46 bits per heavy atom. The molecule has 0 unspecified atom stereocenters. The van der Waals surface area contributed by atoms with Gasteiger partial charge in [-0.05, 0) is 75.1 Å². The molecule has 0 saturated heterocycles. The van der Waals surface area contributed by atoms with Gasteiger partial charge in [0.25, 0.3) is 0 Å². The molecule has 224 valence electrons. The Labute approximate surface area is 278 Å². The number of fused-ring (bicyclic) bond motifs is 3. The highest BCUT2D eigenvalue weighted by Gasteiger charge is 2.17. The number of hydrogen-bond acceptors (Lipinski definition) is 4. The summed E-state index contributed by atoms with van der Waals surface area (Å²) in [6.07, 6.45) is 0. The van der Waals surface area contributed by atoms with Crippen LogP contribution in [0.1, 0.15) is 0 Å². The van der Waals surface area contributed by atoms with Gasteiger partial charge in [-0.15, -0.1) is 0 Å². The van der Waals surface area contributed by atoms with Crippen molar-refractivity contribution in [1.82, 2.24) is 19.9 Å². The van der Waals surface area contributed by atoms with E-state index < -0.39 is 0 Å². The molecular weight excluding hydrogens is 585 g/mol. The maximum atomic E-state index is 5.18. The normalized spacial score (nSPS) is 11.3. The van der Waals surface area contributed by atoms with Crippen molar-refractivity contribution < 1.29 is 0 Å². The third kappa shape index (κ3) is 5.16. The lowest BCUT2D eigenvalue weighted by molar-refractivity contribution is 1.08. The van der Waals surface area contributed by atoms with Gasteiger partial charge < -0.3 is 0 Å². The monoisotopic (exact) mass is 612 g/mol. The van der Waals surface area contributed by atoms with Gasteiger partial charge in [0, 0.05) is 27.6 Å². The molecule has 48 heavy (non-hydrogen) atoms. The van der Waals surface area contributed by atoms with Crippen molar-refractivity contribution in [2.45, 2.75) is 0 Å². The molecule has 0 atom stereocenters. The largest absolute Gasteiger partial charge is 0.248 e. The number of aromatic nitrogens is 4. The molecule has 0 fully saturated rings. The predicted octanol–water partition coefficient (Wildman–Crippen LogP) is 11.1. The molecule has 4 heteroatoms. The molecule has 0 radical (unpaired) electrons. The zero-order chi connectivity index (χ0) is 31.9. The maximum absolute atomic E-state index is 5.18. The van der Waals surface area contributed by atoms with Crippen LogP contribution in [0.5, 0.6) is 0 Å². The molecule has 2 aromatic heterocycles. The highest BCUT2D eigenvalue weighted by molar-refractivity contribution is 5.96. The molecule has 7 aromatic carbocycles. The quantitative estimate of drug-likeness (QED) is 0.194. The van der Waals surface area contributed by atoms with E-state index in [4.69, 9.17) is 19.9 Å². The Balaban J connectivity index is 1.25. The maximum Gasteiger partial charge on any atom is 0.164 e. The van der Waals surface area contributed by atoms with Crippen molar-refractivity contribution in [3.8, 4) is 56.5 Å². The van der Waals surface area contributed by atoms with Gasteiger partial charge in [-0.2, -0.15) is 0 Å². The topological polar surface area (TPSA) is 51.6 Å². The minimum Gasteiger partial charge on any atom is -0.248 e. The van der Waals surface area contributed by atoms with Gasteiger partial charge in [0.1, 0.15) is 0 Å². The van der Waals surface area contributed by atoms with Crippen LogP contribution >= 0.6 is 0 Å². The molecule has 0 aliphatic heterocycles. The van der Waals surface area contributed by atoms with E-state index in [1.807, 2.05) is 24.3 Å². The molecule has 0 aliphatic rings. The van der Waals surface area contributed by atoms with Gasteiger partial charge in [-0.25, -0.2) is 19.9 Å². The molecule has 0 saturated carbocycles. The minimum atomic E-state index is 0.615. The van der Waals surface area contributed by atoms with Crippen LogP contribution in [0, 0.1) is 0 Å².